The molecule has 0 aliphatic heterocycles. The first kappa shape index (κ1) is 14.5. The maximum atomic E-state index is 11.6. The van der Waals surface area contributed by atoms with E-state index in [9.17, 15) is 18.0 Å². The van der Waals surface area contributed by atoms with Crippen molar-refractivity contribution in [3.8, 4) is 0 Å². The summed E-state index contributed by atoms with van der Waals surface area (Å²) in [6, 6.07) is 0. The molecule has 0 atom stereocenters. The van der Waals surface area contributed by atoms with E-state index in [2.05, 4.69) is 10.1 Å². The topological polar surface area (TPSA) is 38.3 Å². The first-order valence-electron chi connectivity index (χ1n) is 4.43. The number of carbonyl (C=O) groups is 1. The monoisotopic (exact) mass is 247 g/mol. The van der Waals surface area contributed by atoms with Crippen molar-refractivity contribution in [2.75, 3.05) is 25.6 Å². The van der Waals surface area contributed by atoms with E-state index in [0.29, 0.717) is 18.8 Å². The van der Waals surface area contributed by atoms with E-state index in [0.717, 1.165) is 6.42 Å². The fourth-order valence-corrected chi connectivity index (χ4v) is 0.947. The van der Waals surface area contributed by atoms with Crippen LogP contribution in [0, 0.1) is 0 Å². The van der Waals surface area contributed by atoms with E-state index < -0.39 is 25.3 Å². The van der Waals surface area contributed by atoms with E-state index >= 15 is 0 Å². The summed E-state index contributed by atoms with van der Waals surface area (Å²) in [6.07, 6.45) is -2.93. The zero-order chi connectivity index (χ0) is 11.7. The molecule has 90 valence electrons. The van der Waals surface area contributed by atoms with Gasteiger partial charge in [0.2, 0.25) is 5.91 Å². The second-order valence-electron chi connectivity index (χ2n) is 2.85. The van der Waals surface area contributed by atoms with Crippen LogP contribution in [0.25, 0.3) is 0 Å². The Balaban J connectivity index is 3.34. The third-order valence-corrected chi connectivity index (χ3v) is 1.65. The number of carbonyl (C=O) groups excluding carboxylic acids is 1. The SMILES string of the molecule is O=C(COCC(F)(F)F)NCCCCCl. The van der Waals surface area contributed by atoms with Crippen LogP contribution in [0.4, 0.5) is 13.2 Å². The lowest BCUT2D eigenvalue weighted by Gasteiger charge is -2.07. The molecule has 0 saturated heterocycles. The molecule has 7 heteroatoms. The van der Waals surface area contributed by atoms with Crippen molar-refractivity contribution < 1.29 is 22.7 Å². The molecule has 1 N–H and O–H groups in total. The molecule has 0 unspecified atom stereocenters. The largest absolute Gasteiger partial charge is 0.411 e. The number of hydrogen-bond donors (Lipinski definition) is 1. The van der Waals surface area contributed by atoms with E-state index in [1.165, 1.54) is 0 Å². The van der Waals surface area contributed by atoms with Crippen molar-refractivity contribution in [1.29, 1.82) is 0 Å². The van der Waals surface area contributed by atoms with Gasteiger partial charge in [-0.25, -0.2) is 0 Å². The van der Waals surface area contributed by atoms with Gasteiger partial charge >= 0.3 is 6.18 Å². The molecule has 0 rings (SSSR count). The number of unbranched alkanes of at least 4 members (excludes halogenated alkanes) is 1. The Morgan fingerprint density at radius 1 is 1.33 bits per heavy atom. The molecule has 15 heavy (non-hydrogen) atoms. The predicted molar refractivity (Wildman–Crippen MR) is 49.8 cm³/mol. The van der Waals surface area contributed by atoms with Gasteiger partial charge < -0.3 is 10.1 Å². The van der Waals surface area contributed by atoms with E-state index in [-0.39, 0.29) is 0 Å². The highest BCUT2D eigenvalue weighted by molar-refractivity contribution is 6.17. The first-order valence-corrected chi connectivity index (χ1v) is 4.96. The van der Waals surface area contributed by atoms with Gasteiger partial charge in [0, 0.05) is 12.4 Å². The molecule has 3 nitrogen and oxygen atoms in total. The average molecular weight is 248 g/mol. The Bertz CT molecular complexity index is 187. The molecular weight excluding hydrogens is 235 g/mol. The molecule has 0 aromatic heterocycles. The van der Waals surface area contributed by atoms with Gasteiger partial charge in [-0.2, -0.15) is 13.2 Å². The lowest BCUT2D eigenvalue weighted by atomic mass is 10.3. The summed E-state index contributed by atoms with van der Waals surface area (Å²) in [6.45, 7) is -1.57. The Labute approximate surface area is 90.9 Å². The van der Waals surface area contributed by atoms with Gasteiger partial charge in [0.05, 0.1) is 0 Å². The van der Waals surface area contributed by atoms with Gasteiger partial charge in [0.25, 0.3) is 0 Å². The molecule has 1 amide bonds. The fraction of sp³-hybridized carbons (Fsp3) is 0.875. The number of ether oxygens (including phenoxy) is 1. The lowest BCUT2D eigenvalue weighted by Crippen LogP contribution is -2.30. The van der Waals surface area contributed by atoms with Crippen molar-refractivity contribution >= 4 is 17.5 Å². The molecular formula is C8H13ClF3NO2. The van der Waals surface area contributed by atoms with Gasteiger partial charge in [0.1, 0.15) is 13.2 Å². The van der Waals surface area contributed by atoms with E-state index in [4.69, 9.17) is 11.6 Å². The number of alkyl halides is 4. The number of nitrogens with one attached hydrogen (secondary N) is 1. The standard InChI is InChI=1S/C8H13ClF3NO2/c9-3-1-2-4-13-7(14)5-15-6-8(10,11)12/h1-6H2,(H,13,14). The summed E-state index contributed by atoms with van der Waals surface area (Å²) < 4.78 is 38.9. The fourth-order valence-electron chi connectivity index (χ4n) is 0.758. The summed E-state index contributed by atoms with van der Waals surface area (Å²) in [4.78, 5) is 10.9. The molecule has 0 aromatic rings. The molecule has 0 bridgehead atoms. The Hall–Kier alpha value is -0.490. The van der Waals surface area contributed by atoms with Crippen LogP contribution >= 0.6 is 11.6 Å². The highest BCUT2D eigenvalue weighted by Crippen LogP contribution is 2.13. The Morgan fingerprint density at radius 3 is 2.53 bits per heavy atom. The third-order valence-electron chi connectivity index (χ3n) is 1.38. The van der Waals surface area contributed by atoms with Crippen LogP contribution in [0.5, 0.6) is 0 Å². The molecule has 0 fully saturated rings. The zero-order valence-corrected chi connectivity index (χ0v) is 8.83. The van der Waals surface area contributed by atoms with Gasteiger partial charge in [-0.3, -0.25) is 4.79 Å². The van der Waals surface area contributed by atoms with Crippen molar-refractivity contribution in [3.63, 3.8) is 0 Å². The molecule has 0 radical (unpaired) electrons. The molecule has 0 aromatic carbocycles. The van der Waals surface area contributed by atoms with Crippen molar-refractivity contribution in [2.45, 2.75) is 19.0 Å². The lowest BCUT2D eigenvalue weighted by molar-refractivity contribution is -0.175. The summed E-state index contributed by atoms with van der Waals surface area (Å²) in [5.74, 6) is -0.0469. The quantitative estimate of drug-likeness (QED) is 0.549. The maximum absolute atomic E-state index is 11.6. The van der Waals surface area contributed by atoms with Crippen LogP contribution in [-0.2, 0) is 9.53 Å². The van der Waals surface area contributed by atoms with Crippen LogP contribution in [0.1, 0.15) is 12.8 Å². The first-order chi connectivity index (χ1) is 6.95. The smallest absolute Gasteiger partial charge is 0.362 e. The highest BCUT2D eigenvalue weighted by Gasteiger charge is 2.27. The van der Waals surface area contributed by atoms with Crippen molar-refractivity contribution in [2.24, 2.45) is 0 Å². The van der Waals surface area contributed by atoms with E-state index in [1.54, 1.807) is 0 Å². The van der Waals surface area contributed by atoms with Gasteiger partial charge in [0.15, 0.2) is 0 Å². The van der Waals surface area contributed by atoms with Crippen LogP contribution in [0.3, 0.4) is 0 Å². The van der Waals surface area contributed by atoms with Gasteiger partial charge in [-0.15, -0.1) is 11.6 Å². The molecule has 0 spiro atoms. The normalized spacial score (nSPS) is 11.5. The van der Waals surface area contributed by atoms with E-state index in [1.807, 2.05) is 0 Å². The summed E-state index contributed by atoms with van der Waals surface area (Å²) in [5.41, 5.74) is 0. The van der Waals surface area contributed by atoms with Crippen molar-refractivity contribution in [3.05, 3.63) is 0 Å². The summed E-state index contributed by atoms with van der Waals surface area (Å²) in [7, 11) is 0. The molecule has 0 saturated carbocycles. The number of halogens is 4. The Kier molecular flexibility index (Phi) is 7.50. The molecule has 0 aliphatic rings. The Morgan fingerprint density at radius 2 is 2.00 bits per heavy atom. The average Bonchev–Trinajstić information content (AvgIpc) is 2.10. The number of hydrogen-bond acceptors (Lipinski definition) is 2. The van der Waals surface area contributed by atoms with Crippen LogP contribution < -0.4 is 5.32 Å². The van der Waals surface area contributed by atoms with Gasteiger partial charge in [-0.1, -0.05) is 0 Å². The minimum atomic E-state index is -4.39. The molecule has 0 aliphatic carbocycles. The zero-order valence-electron chi connectivity index (χ0n) is 8.07. The third kappa shape index (κ3) is 11.4. The highest BCUT2D eigenvalue weighted by atomic mass is 35.5. The number of rotatable bonds is 7. The minimum absolute atomic E-state index is 0.404. The molecule has 0 heterocycles. The van der Waals surface area contributed by atoms with Gasteiger partial charge in [-0.05, 0) is 12.8 Å². The number of amides is 1. The van der Waals surface area contributed by atoms with Crippen LogP contribution in [-0.4, -0.2) is 37.7 Å². The van der Waals surface area contributed by atoms with Crippen LogP contribution in [0.2, 0.25) is 0 Å². The maximum Gasteiger partial charge on any atom is 0.411 e. The van der Waals surface area contributed by atoms with Crippen LogP contribution in [0.15, 0.2) is 0 Å². The predicted octanol–water partition coefficient (Wildman–Crippen LogP) is 1.70. The second kappa shape index (κ2) is 7.76. The van der Waals surface area contributed by atoms with Crippen molar-refractivity contribution in [1.82, 2.24) is 5.32 Å². The second-order valence-corrected chi connectivity index (χ2v) is 3.23. The summed E-state index contributed by atoms with van der Waals surface area (Å²) >= 11 is 5.39. The summed E-state index contributed by atoms with van der Waals surface area (Å²) in [5, 5.41) is 2.41. The minimum Gasteiger partial charge on any atom is -0.362 e.